The fraction of sp³-hybridized carbons (Fsp3) is 0.278. The standard InChI is InChI=1S/C36H36N8O/c1-25-10-11-27(35(45)41-29-8-5-7-28(20-29)36(2,3)24-37)19-26(25)12-13-32-22-38-34-33(9-6-16-43(32)34)40-30-21-39-44(23-30)31-14-17-42(4)18-15-31/h5-11,16,19-23,31,40H,14-15,17-18H2,1-4H3,(H,41,45). The van der Waals surface area contributed by atoms with E-state index in [0.717, 1.165) is 65.3 Å². The smallest absolute Gasteiger partial charge is 0.255 e. The Morgan fingerprint density at radius 1 is 1.02 bits per heavy atom. The Morgan fingerprint density at radius 3 is 2.64 bits per heavy atom. The largest absolute Gasteiger partial charge is 0.350 e. The molecule has 4 heterocycles. The number of fused-ring (bicyclic) bond motifs is 1. The molecular formula is C36H36N8O. The van der Waals surface area contributed by atoms with Crippen molar-refractivity contribution in [2.45, 2.75) is 45.1 Å². The Kier molecular flexibility index (Phi) is 8.12. The van der Waals surface area contributed by atoms with E-state index in [1.165, 1.54) is 0 Å². The zero-order chi connectivity index (χ0) is 31.6. The van der Waals surface area contributed by atoms with Crippen molar-refractivity contribution in [3.8, 4) is 17.9 Å². The first-order chi connectivity index (χ1) is 21.7. The van der Waals surface area contributed by atoms with E-state index in [2.05, 4.69) is 61.5 Å². The number of carbonyl (C=O) groups is 1. The normalized spacial score (nSPS) is 14.0. The third-order valence-corrected chi connectivity index (χ3v) is 8.43. The molecule has 5 aromatic rings. The van der Waals surface area contributed by atoms with Crippen LogP contribution in [0.15, 0.2) is 79.4 Å². The van der Waals surface area contributed by atoms with Crippen LogP contribution in [-0.4, -0.2) is 50.1 Å². The van der Waals surface area contributed by atoms with Crippen molar-refractivity contribution in [1.82, 2.24) is 24.1 Å². The van der Waals surface area contributed by atoms with E-state index < -0.39 is 5.41 Å². The highest BCUT2D eigenvalue weighted by atomic mass is 16.1. The van der Waals surface area contributed by atoms with Crippen LogP contribution in [-0.2, 0) is 5.41 Å². The molecule has 2 aromatic carbocycles. The zero-order valence-electron chi connectivity index (χ0n) is 26.0. The van der Waals surface area contributed by atoms with Crippen LogP contribution in [0.25, 0.3) is 5.65 Å². The van der Waals surface area contributed by atoms with Gasteiger partial charge in [0.15, 0.2) is 5.65 Å². The number of carbonyl (C=O) groups excluding carboxylic acids is 1. The number of imidazole rings is 1. The van der Waals surface area contributed by atoms with Crippen LogP contribution in [0.4, 0.5) is 17.1 Å². The molecule has 0 radical (unpaired) electrons. The number of rotatable bonds is 6. The van der Waals surface area contributed by atoms with Crippen LogP contribution >= 0.6 is 0 Å². The highest BCUT2D eigenvalue weighted by molar-refractivity contribution is 6.04. The first-order valence-corrected chi connectivity index (χ1v) is 15.1. The minimum absolute atomic E-state index is 0.241. The minimum Gasteiger partial charge on any atom is -0.350 e. The van der Waals surface area contributed by atoms with Crippen LogP contribution in [0.1, 0.15) is 65.5 Å². The predicted octanol–water partition coefficient (Wildman–Crippen LogP) is 6.30. The molecule has 0 unspecified atom stereocenters. The first-order valence-electron chi connectivity index (χ1n) is 15.1. The average Bonchev–Trinajstić information content (AvgIpc) is 3.69. The summed E-state index contributed by atoms with van der Waals surface area (Å²) in [7, 11) is 2.16. The first kappa shape index (κ1) is 29.7. The van der Waals surface area contributed by atoms with Gasteiger partial charge in [-0.15, -0.1) is 0 Å². The number of nitrogens with zero attached hydrogens (tertiary/aromatic N) is 6. The molecule has 0 bridgehead atoms. The fourth-order valence-electron chi connectivity index (χ4n) is 5.50. The summed E-state index contributed by atoms with van der Waals surface area (Å²) in [6, 6.07) is 19.6. The molecule has 1 saturated heterocycles. The Morgan fingerprint density at radius 2 is 1.84 bits per heavy atom. The number of aryl methyl sites for hydroxylation is 1. The van der Waals surface area contributed by atoms with Gasteiger partial charge in [0.25, 0.3) is 5.91 Å². The molecule has 0 atom stereocenters. The topological polar surface area (TPSA) is 103 Å². The Balaban J connectivity index is 1.19. The molecule has 2 N–H and O–H groups in total. The zero-order valence-corrected chi connectivity index (χ0v) is 26.0. The highest BCUT2D eigenvalue weighted by Crippen LogP contribution is 2.27. The third-order valence-electron chi connectivity index (χ3n) is 8.43. The highest BCUT2D eigenvalue weighted by Gasteiger charge is 2.21. The van der Waals surface area contributed by atoms with Crippen molar-refractivity contribution < 1.29 is 4.79 Å². The van der Waals surface area contributed by atoms with Crippen molar-refractivity contribution in [2.75, 3.05) is 30.8 Å². The number of aromatic nitrogens is 4. The van der Waals surface area contributed by atoms with Crippen LogP contribution in [0.2, 0.25) is 0 Å². The molecule has 1 fully saturated rings. The van der Waals surface area contributed by atoms with Crippen molar-refractivity contribution in [2.24, 2.45) is 0 Å². The second kappa shape index (κ2) is 12.3. The molecule has 226 valence electrons. The maximum absolute atomic E-state index is 13.2. The summed E-state index contributed by atoms with van der Waals surface area (Å²) in [4.78, 5) is 20.2. The van der Waals surface area contributed by atoms with Gasteiger partial charge in [-0.25, -0.2) is 4.98 Å². The third kappa shape index (κ3) is 6.45. The van der Waals surface area contributed by atoms with E-state index in [4.69, 9.17) is 0 Å². The number of hydrogen-bond acceptors (Lipinski definition) is 6. The van der Waals surface area contributed by atoms with Gasteiger partial charge >= 0.3 is 0 Å². The molecule has 0 aliphatic carbocycles. The summed E-state index contributed by atoms with van der Waals surface area (Å²) >= 11 is 0. The van der Waals surface area contributed by atoms with Crippen molar-refractivity contribution >= 4 is 28.6 Å². The lowest BCUT2D eigenvalue weighted by atomic mass is 9.86. The summed E-state index contributed by atoms with van der Waals surface area (Å²) in [5, 5.41) is 20.6. The molecule has 1 aliphatic heterocycles. The number of anilines is 3. The lowest BCUT2D eigenvalue weighted by molar-refractivity contribution is 0.102. The number of hydrogen-bond donors (Lipinski definition) is 2. The van der Waals surface area contributed by atoms with E-state index in [1.54, 1.807) is 18.3 Å². The van der Waals surface area contributed by atoms with Gasteiger partial charge in [-0.2, -0.15) is 10.4 Å². The molecule has 9 heteroatoms. The Bertz CT molecular complexity index is 1980. The van der Waals surface area contributed by atoms with E-state index in [1.807, 2.05) is 80.0 Å². The Labute approximate surface area is 263 Å². The molecular weight excluding hydrogens is 560 g/mol. The quantitative estimate of drug-likeness (QED) is 0.223. The van der Waals surface area contributed by atoms with Gasteiger partial charge in [0, 0.05) is 29.2 Å². The van der Waals surface area contributed by atoms with Crippen LogP contribution in [0.3, 0.4) is 0 Å². The van der Waals surface area contributed by atoms with E-state index in [0.29, 0.717) is 17.3 Å². The molecule has 45 heavy (non-hydrogen) atoms. The number of benzene rings is 2. The average molecular weight is 597 g/mol. The fourth-order valence-corrected chi connectivity index (χ4v) is 5.50. The SMILES string of the molecule is Cc1ccc(C(=O)Nc2cccc(C(C)(C)C#N)c2)cc1C#Cc1cnc2c(Nc3cnn(C4CCN(C)CC4)c3)cccn12. The van der Waals surface area contributed by atoms with E-state index in [9.17, 15) is 10.1 Å². The molecule has 1 aliphatic rings. The predicted molar refractivity (Wildman–Crippen MR) is 177 cm³/mol. The molecule has 3 aromatic heterocycles. The number of pyridine rings is 1. The van der Waals surface area contributed by atoms with Gasteiger partial charge in [0.05, 0.1) is 41.3 Å². The van der Waals surface area contributed by atoms with Gasteiger partial charge < -0.3 is 15.5 Å². The summed E-state index contributed by atoms with van der Waals surface area (Å²) in [6.45, 7) is 7.84. The molecule has 0 saturated carbocycles. The van der Waals surface area contributed by atoms with Crippen LogP contribution in [0.5, 0.6) is 0 Å². The van der Waals surface area contributed by atoms with E-state index >= 15 is 0 Å². The van der Waals surface area contributed by atoms with Gasteiger partial charge in [-0.1, -0.05) is 24.1 Å². The number of likely N-dealkylation sites (tertiary alicyclic amines) is 1. The number of piperidine rings is 1. The van der Waals surface area contributed by atoms with Gasteiger partial charge in [0.1, 0.15) is 5.69 Å². The second-order valence-electron chi connectivity index (χ2n) is 12.2. The molecule has 1 amide bonds. The Hall–Kier alpha value is -5.38. The van der Waals surface area contributed by atoms with Crippen LogP contribution in [0, 0.1) is 30.1 Å². The number of nitriles is 1. The van der Waals surface area contributed by atoms with Crippen LogP contribution < -0.4 is 10.6 Å². The van der Waals surface area contributed by atoms with Crippen molar-refractivity contribution in [3.63, 3.8) is 0 Å². The molecule has 0 spiro atoms. The second-order valence-corrected chi connectivity index (χ2v) is 12.2. The van der Waals surface area contributed by atoms with Gasteiger partial charge in [0.2, 0.25) is 0 Å². The van der Waals surface area contributed by atoms with Gasteiger partial charge in [-0.3, -0.25) is 13.9 Å². The maximum Gasteiger partial charge on any atom is 0.255 e. The molecule has 9 nitrogen and oxygen atoms in total. The summed E-state index contributed by atoms with van der Waals surface area (Å²) in [5.41, 5.74) is 6.34. The lowest BCUT2D eigenvalue weighted by Crippen LogP contribution is -2.31. The number of amides is 1. The van der Waals surface area contributed by atoms with Crippen molar-refractivity contribution in [1.29, 1.82) is 5.26 Å². The maximum atomic E-state index is 13.2. The van der Waals surface area contributed by atoms with Crippen molar-refractivity contribution in [3.05, 3.63) is 107 Å². The van der Waals surface area contributed by atoms with E-state index in [-0.39, 0.29) is 5.91 Å². The summed E-state index contributed by atoms with van der Waals surface area (Å²) in [6.07, 6.45) is 9.82. The minimum atomic E-state index is -0.655. The monoisotopic (exact) mass is 596 g/mol. The van der Waals surface area contributed by atoms with Gasteiger partial charge in [-0.05, 0) is 107 Å². The summed E-state index contributed by atoms with van der Waals surface area (Å²) < 4.78 is 4.03. The lowest BCUT2D eigenvalue weighted by Gasteiger charge is -2.28. The molecule has 6 rings (SSSR count). The number of nitrogens with one attached hydrogen (secondary N) is 2. The summed E-state index contributed by atoms with van der Waals surface area (Å²) in [5.74, 6) is 6.26.